The Bertz CT molecular complexity index is 298. The highest BCUT2D eigenvalue weighted by Gasteiger charge is 2.39. The van der Waals surface area contributed by atoms with Crippen LogP contribution in [0, 0.1) is 0 Å². The molecular weight excluding hydrogens is 213 g/mol. The normalized spacial score (nSPS) is 25.7. The first kappa shape index (κ1) is 12.9. The molecule has 92 valence electrons. The van der Waals surface area contributed by atoms with Gasteiger partial charge in [0.1, 0.15) is 11.8 Å². The Morgan fingerprint density at radius 1 is 1.38 bits per heavy atom. The van der Waals surface area contributed by atoms with Crippen molar-refractivity contribution in [2.45, 2.75) is 51.9 Å². The minimum atomic E-state index is -1.14. The zero-order valence-electron chi connectivity index (χ0n) is 10.1. The lowest BCUT2D eigenvalue weighted by Gasteiger charge is -2.27. The van der Waals surface area contributed by atoms with Gasteiger partial charge in [-0.1, -0.05) is 0 Å². The summed E-state index contributed by atoms with van der Waals surface area (Å²) in [6.07, 6.45) is -1.68. The molecule has 0 aromatic carbocycles. The van der Waals surface area contributed by atoms with Crippen LogP contribution in [0.1, 0.15) is 34.1 Å². The second kappa shape index (κ2) is 4.39. The maximum absolute atomic E-state index is 13.2. The molecule has 0 aliphatic carbocycles. The number of alkyl halides is 1. The van der Waals surface area contributed by atoms with E-state index in [2.05, 4.69) is 0 Å². The van der Waals surface area contributed by atoms with Gasteiger partial charge >= 0.3 is 6.09 Å². The van der Waals surface area contributed by atoms with E-state index in [1.165, 1.54) is 11.8 Å². The van der Waals surface area contributed by atoms with E-state index in [9.17, 15) is 14.0 Å². The molecule has 0 radical (unpaired) electrons. The molecule has 4 nitrogen and oxygen atoms in total. The third-order valence-corrected chi connectivity index (χ3v) is 2.35. The Labute approximate surface area is 94.7 Å². The molecule has 1 heterocycles. The molecule has 1 fully saturated rings. The molecule has 0 aromatic heterocycles. The molecular formula is C11H18FNO3. The van der Waals surface area contributed by atoms with Gasteiger partial charge in [-0.05, 0) is 27.7 Å². The van der Waals surface area contributed by atoms with Crippen LogP contribution in [0.15, 0.2) is 0 Å². The van der Waals surface area contributed by atoms with Crippen LogP contribution in [0.2, 0.25) is 0 Å². The Balaban J connectivity index is 2.71. The van der Waals surface area contributed by atoms with Crippen LogP contribution in [0.4, 0.5) is 9.18 Å². The zero-order valence-corrected chi connectivity index (χ0v) is 10.1. The van der Waals surface area contributed by atoms with Gasteiger partial charge in [0.2, 0.25) is 0 Å². The van der Waals surface area contributed by atoms with Crippen LogP contribution in [-0.4, -0.2) is 41.1 Å². The number of hydrogen-bond donors (Lipinski definition) is 0. The van der Waals surface area contributed by atoms with E-state index in [1.807, 2.05) is 0 Å². The monoisotopic (exact) mass is 231 g/mol. The highest BCUT2D eigenvalue weighted by atomic mass is 19.1. The lowest BCUT2D eigenvalue weighted by Crippen LogP contribution is -2.42. The van der Waals surface area contributed by atoms with Crippen LogP contribution in [0.3, 0.4) is 0 Å². The molecule has 1 unspecified atom stereocenters. The van der Waals surface area contributed by atoms with E-state index in [4.69, 9.17) is 4.74 Å². The van der Waals surface area contributed by atoms with Gasteiger partial charge in [-0.25, -0.2) is 9.18 Å². The average molecular weight is 231 g/mol. The van der Waals surface area contributed by atoms with E-state index in [0.29, 0.717) is 0 Å². The number of ketones is 1. The summed E-state index contributed by atoms with van der Waals surface area (Å²) < 4.78 is 18.3. The number of amides is 1. The number of rotatable bonds is 1. The Kier molecular flexibility index (Phi) is 3.55. The number of likely N-dealkylation sites (tertiary alicyclic amines) is 1. The maximum atomic E-state index is 13.2. The fourth-order valence-corrected chi connectivity index (χ4v) is 1.69. The van der Waals surface area contributed by atoms with Crippen molar-refractivity contribution in [1.29, 1.82) is 0 Å². The first-order chi connectivity index (χ1) is 7.20. The van der Waals surface area contributed by atoms with Crippen LogP contribution < -0.4 is 0 Å². The summed E-state index contributed by atoms with van der Waals surface area (Å²) in [5.41, 5.74) is -0.632. The number of Topliss-reactive ketones (excluding diaryl/α,β-unsaturated/α-hetero) is 1. The van der Waals surface area contributed by atoms with E-state index in [-0.39, 0.29) is 18.7 Å². The summed E-state index contributed by atoms with van der Waals surface area (Å²) in [5, 5.41) is 0. The molecule has 2 atom stereocenters. The van der Waals surface area contributed by atoms with Gasteiger partial charge in [0.15, 0.2) is 5.78 Å². The van der Waals surface area contributed by atoms with Gasteiger partial charge in [0, 0.05) is 6.42 Å². The summed E-state index contributed by atoms with van der Waals surface area (Å²) in [5.74, 6) is -0.203. The number of carbonyl (C=O) groups is 2. The Morgan fingerprint density at radius 3 is 2.38 bits per heavy atom. The first-order valence-electron chi connectivity index (χ1n) is 5.35. The van der Waals surface area contributed by atoms with Crippen molar-refractivity contribution in [3.8, 4) is 0 Å². The summed E-state index contributed by atoms with van der Waals surface area (Å²) in [7, 11) is 0. The predicted molar refractivity (Wildman–Crippen MR) is 56.9 cm³/mol. The first-order valence-corrected chi connectivity index (χ1v) is 5.35. The molecule has 0 saturated carbocycles. The zero-order chi connectivity index (χ0) is 12.5. The van der Waals surface area contributed by atoms with E-state index >= 15 is 0 Å². The van der Waals surface area contributed by atoms with Gasteiger partial charge in [-0.2, -0.15) is 0 Å². The van der Waals surface area contributed by atoms with E-state index < -0.39 is 23.9 Å². The largest absolute Gasteiger partial charge is 0.444 e. The van der Waals surface area contributed by atoms with Crippen molar-refractivity contribution in [3.05, 3.63) is 0 Å². The molecule has 0 N–H and O–H groups in total. The second-order valence-corrected chi connectivity index (χ2v) is 5.09. The van der Waals surface area contributed by atoms with Crippen LogP contribution >= 0.6 is 0 Å². The van der Waals surface area contributed by atoms with Crippen LogP contribution in [0.25, 0.3) is 0 Å². The SMILES string of the molecule is CC(=O)[C@@H]1CC(F)CN1C(=O)OC(C)(C)C. The topological polar surface area (TPSA) is 46.6 Å². The number of carbonyl (C=O) groups excluding carboxylic acids is 2. The van der Waals surface area contributed by atoms with Gasteiger partial charge in [0.05, 0.1) is 12.6 Å². The number of hydrogen-bond acceptors (Lipinski definition) is 3. The van der Waals surface area contributed by atoms with Crippen molar-refractivity contribution < 1.29 is 18.7 Å². The third kappa shape index (κ3) is 3.18. The molecule has 1 aliphatic rings. The van der Waals surface area contributed by atoms with Gasteiger partial charge < -0.3 is 4.74 Å². The molecule has 1 amide bonds. The molecule has 1 aliphatic heterocycles. The lowest BCUT2D eigenvalue weighted by molar-refractivity contribution is -0.121. The highest BCUT2D eigenvalue weighted by molar-refractivity contribution is 5.86. The number of ether oxygens (including phenoxy) is 1. The number of nitrogens with zero attached hydrogens (tertiary/aromatic N) is 1. The summed E-state index contributed by atoms with van der Waals surface area (Å²) in [6.45, 7) is 6.50. The Morgan fingerprint density at radius 2 is 1.94 bits per heavy atom. The van der Waals surface area contributed by atoms with Crippen LogP contribution in [0.5, 0.6) is 0 Å². The quantitative estimate of drug-likeness (QED) is 0.692. The van der Waals surface area contributed by atoms with E-state index in [1.54, 1.807) is 20.8 Å². The standard InChI is InChI=1S/C11H18FNO3/c1-7(14)9-5-8(12)6-13(9)10(15)16-11(2,3)4/h8-9H,5-6H2,1-4H3/t8?,9-/m0/s1. The summed E-state index contributed by atoms with van der Waals surface area (Å²) in [6, 6.07) is -0.676. The summed E-state index contributed by atoms with van der Waals surface area (Å²) in [4.78, 5) is 24.1. The average Bonchev–Trinajstić information content (AvgIpc) is 2.44. The van der Waals surface area contributed by atoms with Gasteiger partial charge in [-0.3, -0.25) is 9.69 Å². The molecule has 1 saturated heterocycles. The van der Waals surface area contributed by atoms with Crippen molar-refractivity contribution in [3.63, 3.8) is 0 Å². The van der Waals surface area contributed by atoms with Crippen molar-refractivity contribution >= 4 is 11.9 Å². The highest BCUT2D eigenvalue weighted by Crippen LogP contribution is 2.23. The Hall–Kier alpha value is -1.13. The minimum absolute atomic E-state index is 0.0564. The fourth-order valence-electron chi connectivity index (χ4n) is 1.69. The smallest absolute Gasteiger partial charge is 0.411 e. The van der Waals surface area contributed by atoms with Crippen LogP contribution in [-0.2, 0) is 9.53 Å². The number of halogens is 1. The maximum Gasteiger partial charge on any atom is 0.411 e. The minimum Gasteiger partial charge on any atom is -0.444 e. The van der Waals surface area contributed by atoms with Crippen molar-refractivity contribution in [1.82, 2.24) is 4.90 Å². The predicted octanol–water partition coefficient (Wildman–Crippen LogP) is 1.92. The van der Waals surface area contributed by atoms with Gasteiger partial charge in [-0.15, -0.1) is 0 Å². The molecule has 0 spiro atoms. The lowest BCUT2D eigenvalue weighted by atomic mass is 10.1. The second-order valence-electron chi connectivity index (χ2n) is 5.09. The molecule has 16 heavy (non-hydrogen) atoms. The molecule has 5 heteroatoms. The van der Waals surface area contributed by atoms with Crippen molar-refractivity contribution in [2.24, 2.45) is 0 Å². The molecule has 0 aromatic rings. The van der Waals surface area contributed by atoms with Crippen molar-refractivity contribution in [2.75, 3.05) is 6.54 Å². The van der Waals surface area contributed by atoms with Gasteiger partial charge in [0.25, 0.3) is 0 Å². The third-order valence-electron chi connectivity index (χ3n) is 2.35. The summed E-state index contributed by atoms with van der Waals surface area (Å²) >= 11 is 0. The fraction of sp³-hybridized carbons (Fsp3) is 0.818. The van der Waals surface area contributed by atoms with E-state index in [0.717, 1.165) is 0 Å². The molecule has 1 rings (SSSR count). The molecule has 0 bridgehead atoms.